The monoisotopic (exact) mass is 444 g/mol. The fraction of sp³-hybridized carbons (Fsp3) is 0.708. The minimum absolute atomic E-state index is 0.0252. The van der Waals surface area contributed by atoms with E-state index in [1.165, 1.54) is 6.07 Å². The Bertz CT molecular complexity index is 751. The SMILES string of the molecule is CCC(=O)C1CCC(c2ccc(OC(F)(F)COC3CCC(C)CC3)c(F)c2F)CC1. The maximum atomic E-state index is 14.7. The van der Waals surface area contributed by atoms with Crippen LogP contribution < -0.4 is 4.74 Å². The van der Waals surface area contributed by atoms with Gasteiger partial charge in [-0.1, -0.05) is 19.9 Å². The van der Waals surface area contributed by atoms with Gasteiger partial charge in [-0.25, -0.2) is 4.39 Å². The second-order valence-corrected chi connectivity index (χ2v) is 9.08. The van der Waals surface area contributed by atoms with Crippen LogP contribution in [-0.2, 0) is 9.53 Å². The lowest BCUT2D eigenvalue weighted by Gasteiger charge is -2.29. The molecule has 2 fully saturated rings. The van der Waals surface area contributed by atoms with Gasteiger partial charge in [0.2, 0.25) is 5.82 Å². The summed E-state index contributed by atoms with van der Waals surface area (Å²) in [5, 5.41) is 0. The lowest BCUT2D eigenvalue weighted by molar-refractivity contribution is -0.223. The molecular weight excluding hydrogens is 412 g/mol. The van der Waals surface area contributed by atoms with Crippen molar-refractivity contribution in [2.45, 2.75) is 89.8 Å². The predicted molar refractivity (Wildman–Crippen MR) is 109 cm³/mol. The summed E-state index contributed by atoms with van der Waals surface area (Å²) in [4.78, 5) is 11.8. The van der Waals surface area contributed by atoms with E-state index in [1.807, 2.05) is 6.92 Å². The molecule has 1 aromatic carbocycles. The van der Waals surface area contributed by atoms with Gasteiger partial charge in [-0.2, -0.15) is 13.2 Å². The van der Waals surface area contributed by atoms with Gasteiger partial charge in [-0.3, -0.25) is 4.79 Å². The summed E-state index contributed by atoms with van der Waals surface area (Å²) in [5.41, 5.74) is 0.156. The van der Waals surface area contributed by atoms with Crippen molar-refractivity contribution in [3.8, 4) is 5.75 Å². The van der Waals surface area contributed by atoms with Crippen molar-refractivity contribution >= 4 is 5.78 Å². The Morgan fingerprint density at radius 3 is 2.26 bits per heavy atom. The van der Waals surface area contributed by atoms with E-state index in [0.29, 0.717) is 50.9 Å². The Balaban J connectivity index is 1.59. The van der Waals surface area contributed by atoms with Crippen LogP contribution in [0.5, 0.6) is 5.75 Å². The van der Waals surface area contributed by atoms with Gasteiger partial charge >= 0.3 is 6.11 Å². The molecule has 0 amide bonds. The third-order valence-electron chi connectivity index (χ3n) is 6.76. The molecule has 2 saturated carbocycles. The summed E-state index contributed by atoms with van der Waals surface area (Å²) in [6.45, 7) is 2.94. The molecule has 0 bridgehead atoms. The molecule has 0 aromatic heterocycles. The summed E-state index contributed by atoms with van der Waals surface area (Å²) >= 11 is 0. The lowest BCUT2D eigenvalue weighted by atomic mass is 9.76. The maximum Gasteiger partial charge on any atom is 0.422 e. The molecule has 1 aromatic rings. The molecule has 3 nitrogen and oxygen atoms in total. The number of benzene rings is 1. The van der Waals surface area contributed by atoms with Crippen LogP contribution in [0.1, 0.15) is 83.1 Å². The molecule has 0 radical (unpaired) electrons. The fourth-order valence-corrected chi connectivity index (χ4v) is 4.76. The molecule has 0 unspecified atom stereocenters. The molecule has 0 saturated heterocycles. The van der Waals surface area contributed by atoms with Gasteiger partial charge in [0, 0.05) is 12.3 Å². The highest BCUT2D eigenvalue weighted by atomic mass is 19.3. The van der Waals surface area contributed by atoms with Crippen LogP contribution in [0.3, 0.4) is 0 Å². The number of ketones is 1. The van der Waals surface area contributed by atoms with E-state index in [0.717, 1.165) is 18.9 Å². The average molecular weight is 445 g/mol. The van der Waals surface area contributed by atoms with Crippen molar-refractivity contribution in [3.63, 3.8) is 0 Å². The molecule has 0 N–H and O–H groups in total. The van der Waals surface area contributed by atoms with Gasteiger partial charge in [0.05, 0.1) is 6.10 Å². The number of alkyl halides is 2. The molecule has 7 heteroatoms. The first-order chi connectivity index (χ1) is 14.7. The van der Waals surface area contributed by atoms with Crippen molar-refractivity contribution in [1.82, 2.24) is 0 Å². The number of rotatable bonds is 8. The van der Waals surface area contributed by atoms with Gasteiger partial charge < -0.3 is 9.47 Å². The highest BCUT2D eigenvalue weighted by molar-refractivity contribution is 5.80. The third-order valence-corrected chi connectivity index (χ3v) is 6.76. The van der Waals surface area contributed by atoms with Gasteiger partial charge in [0.15, 0.2) is 18.2 Å². The van der Waals surface area contributed by atoms with Crippen molar-refractivity contribution in [2.75, 3.05) is 6.61 Å². The Morgan fingerprint density at radius 1 is 1.00 bits per heavy atom. The standard InChI is InChI=1S/C24H32F4O3/c1-3-20(29)17-8-6-16(7-9-17)19-12-13-21(23(26)22(19)25)31-24(27,28)14-30-18-10-4-15(2)5-11-18/h12-13,15-18H,3-11,14H2,1-2H3. The number of halogens is 4. The van der Waals surface area contributed by atoms with E-state index >= 15 is 0 Å². The number of hydrogen-bond donors (Lipinski definition) is 0. The molecular formula is C24H32F4O3. The van der Waals surface area contributed by atoms with E-state index in [9.17, 15) is 22.4 Å². The zero-order chi connectivity index (χ0) is 22.6. The van der Waals surface area contributed by atoms with Crippen LogP contribution >= 0.6 is 0 Å². The molecule has 2 aliphatic carbocycles. The summed E-state index contributed by atoms with van der Waals surface area (Å²) < 4.78 is 67.3. The van der Waals surface area contributed by atoms with Gasteiger partial charge in [-0.05, 0) is 74.8 Å². The number of carbonyl (C=O) groups excluding carboxylic acids is 1. The smallest absolute Gasteiger partial charge is 0.422 e. The van der Waals surface area contributed by atoms with E-state index < -0.39 is 30.1 Å². The second-order valence-electron chi connectivity index (χ2n) is 9.08. The van der Waals surface area contributed by atoms with E-state index in [-0.39, 0.29) is 29.3 Å². The van der Waals surface area contributed by atoms with Gasteiger partial charge in [-0.15, -0.1) is 0 Å². The van der Waals surface area contributed by atoms with Crippen molar-refractivity contribution in [3.05, 3.63) is 29.3 Å². The molecule has 0 spiro atoms. The number of ether oxygens (including phenoxy) is 2. The van der Waals surface area contributed by atoms with E-state index in [2.05, 4.69) is 11.7 Å². The topological polar surface area (TPSA) is 35.5 Å². The highest BCUT2D eigenvalue weighted by Gasteiger charge is 2.36. The zero-order valence-corrected chi connectivity index (χ0v) is 18.3. The first-order valence-corrected chi connectivity index (χ1v) is 11.4. The van der Waals surface area contributed by atoms with Crippen LogP contribution in [0.15, 0.2) is 12.1 Å². The minimum atomic E-state index is -3.75. The Labute approximate surface area is 181 Å². The van der Waals surface area contributed by atoms with Crippen LogP contribution in [-0.4, -0.2) is 24.6 Å². The Morgan fingerprint density at radius 2 is 1.65 bits per heavy atom. The first kappa shape index (κ1) is 24.0. The van der Waals surface area contributed by atoms with E-state index in [4.69, 9.17) is 4.74 Å². The summed E-state index contributed by atoms with van der Waals surface area (Å²) in [6, 6.07) is 2.38. The van der Waals surface area contributed by atoms with Crippen LogP contribution in [0, 0.1) is 23.5 Å². The number of hydrogen-bond acceptors (Lipinski definition) is 3. The summed E-state index contributed by atoms with van der Waals surface area (Å²) in [6.07, 6.45) is 2.12. The van der Waals surface area contributed by atoms with Crippen LogP contribution in [0.25, 0.3) is 0 Å². The summed E-state index contributed by atoms with van der Waals surface area (Å²) in [5.74, 6) is -2.88. The highest BCUT2D eigenvalue weighted by Crippen LogP contribution is 2.40. The molecule has 3 rings (SSSR count). The summed E-state index contributed by atoms with van der Waals surface area (Å²) in [7, 11) is 0. The van der Waals surface area contributed by atoms with Crippen LogP contribution in [0.4, 0.5) is 17.6 Å². The largest absolute Gasteiger partial charge is 0.428 e. The minimum Gasteiger partial charge on any atom is -0.428 e. The maximum absolute atomic E-state index is 14.7. The quantitative estimate of drug-likeness (QED) is 0.415. The zero-order valence-electron chi connectivity index (χ0n) is 18.3. The Kier molecular flexibility index (Phi) is 8.00. The molecule has 2 aliphatic rings. The third kappa shape index (κ3) is 6.21. The van der Waals surface area contributed by atoms with Crippen molar-refractivity contribution < 1.29 is 31.8 Å². The van der Waals surface area contributed by atoms with E-state index in [1.54, 1.807) is 0 Å². The van der Waals surface area contributed by atoms with Gasteiger partial charge in [0.1, 0.15) is 5.78 Å². The van der Waals surface area contributed by atoms with Crippen molar-refractivity contribution in [2.24, 2.45) is 11.8 Å². The lowest BCUT2D eigenvalue weighted by Crippen LogP contribution is -2.34. The van der Waals surface area contributed by atoms with Crippen LogP contribution in [0.2, 0.25) is 0 Å². The number of Topliss-reactive ketones (excluding diaryl/α,β-unsaturated/α-hetero) is 1. The predicted octanol–water partition coefficient (Wildman–Crippen LogP) is 6.78. The molecule has 0 aliphatic heterocycles. The van der Waals surface area contributed by atoms with Crippen molar-refractivity contribution in [1.29, 1.82) is 0 Å². The Hall–Kier alpha value is -1.63. The fourth-order valence-electron chi connectivity index (χ4n) is 4.76. The second kappa shape index (κ2) is 10.3. The normalized spacial score (nSPS) is 27.2. The average Bonchev–Trinajstić information content (AvgIpc) is 2.76. The molecule has 0 heterocycles. The molecule has 0 atom stereocenters. The number of carbonyl (C=O) groups is 1. The first-order valence-electron chi connectivity index (χ1n) is 11.4. The molecule has 31 heavy (non-hydrogen) atoms. The van der Waals surface area contributed by atoms with Gasteiger partial charge in [0.25, 0.3) is 0 Å². The molecule has 174 valence electrons.